The van der Waals surface area contributed by atoms with Crippen molar-refractivity contribution in [3.8, 4) is 0 Å². The van der Waals surface area contributed by atoms with Gasteiger partial charge in [-0.05, 0) is 47.1 Å². The molecule has 1 aromatic carbocycles. The summed E-state index contributed by atoms with van der Waals surface area (Å²) in [5, 5.41) is 2.75. The second-order valence-corrected chi connectivity index (χ2v) is 6.53. The molecule has 0 fully saturated rings. The van der Waals surface area contributed by atoms with Gasteiger partial charge in [0, 0.05) is 9.35 Å². The van der Waals surface area contributed by atoms with Crippen molar-refractivity contribution in [2.75, 3.05) is 0 Å². The average molecular weight is 363 g/mol. The Morgan fingerprint density at radius 1 is 1.42 bits per heavy atom. The topological polar surface area (TPSA) is 29.1 Å². The minimum atomic E-state index is -0.553. The van der Waals surface area contributed by atoms with Gasteiger partial charge < -0.3 is 5.32 Å². The Bertz CT molecular complexity index is 596. The molecule has 0 bridgehead atoms. The lowest BCUT2D eigenvalue weighted by Crippen LogP contribution is -2.27. The van der Waals surface area contributed by atoms with Crippen molar-refractivity contribution >= 4 is 44.8 Å². The zero-order valence-electron chi connectivity index (χ0n) is 9.91. The van der Waals surface area contributed by atoms with Gasteiger partial charge in [0.05, 0.1) is 15.9 Å². The molecule has 0 saturated carbocycles. The van der Waals surface area contributed by atoms with Crippen molar-refractivity contribution < 1.29 is 9.18 Å². The number of carbonyl (C=O) groups excluding carboxylic acids is 1. The van der Waals surface area contributed by atoms with E-state index < -0.39 is 11.7 Å². The summed E-state index contributed by atoms with van der Waals surface area (Å²) in [7, 11) is 0. The molecule has 1 atom stereocenters. The fraction of sp³-hybridized carbons (Fsp3) is 0.154. The Morgan fingerprint density at radius 2 is 2.16 bits per heavy atom. The van der Waals surface area contributed by atoms with Crippen LogP contribution in [0.3, 0.4) is 0 Å². The maximum atomic E-state index is 13.6. The molecule has 1 amide bonds. The normalized spacial score (nSPS) is 12.2. The number of hydrogen-bond donors (Lipinski definition) is 1. The van der Waals surface area contributed by atoms with Crippen LogP contribution < -0.4 is 5.32 Å². The van der Waals surface area contributed by atoms with Crippen LogP contribution in [0.15, 0.2) is 34.8 Å². The number of halogens is 3. The van der Waals surface area contributed by atoms with Crippen molar-refractivity contribution in [3.05, 3.63) is 55.4 Å². The van der Waals surface area contributed by atoms with E-state index in [1.165, 1.54) is 17.4 Å². The van der Waals surface area contributed by atoms with Crippen molar-refractivity contribution in [3.63, 3.8) is 0 Å². The summed E-state index contributed by atoms with van der Waals surface area (Å²) in [6, 6.07) is 7.81. The number of amides is 1. The molecule has 0 spiro atoms. The Balaban J connectivity index is 2.17. The largest absolute Gasteiger partial charge is 0.345 e. The van der Waals surface area contributed by atoms with E-state index in [0.717, 1.165) is 4.88 Å². The molecule has 1 aromatic heterocycles. The van der Waals surface area contributed by atoms with E-state index in [0.29, 0.717) is 8.81 Å². The first-order chi connectivity index (χ1) is 8.99. The first-order valence-corrected chi connectivity index (χ1v) is 7.48. The average Bonchev–Trinajstić information content (AvgIpc) is 2.75. The van der Waals surface area contributed by atoms with Gasteiger partial charge in [-0.1, -0.05) is 17.7 Å². The third kappa shape index (κ3) is 3.35. The predicted octanol–water partition coefficient (Wildman–Crippen LogP) is 4.79. The summed E-state index contributed by atoms with van der Waals surface area (Å²) >= 11 is 10.4. The molecule has 6 heteroatoms. The number of hydrogen-bond acceptors (Lipinski definition) is 2. The summed E-state index contributed by atoms with van der Waals surface area (Å²) in [5.74, 6) is -1.01. The molecular weight excluding hydrogens is 353 g/mol. The molecule has 1 N–H and O–H groups in total. The third-order valence-electron chi connectivity index (χ3n) is 2.56. The fourth-order valence-electron chi connectivity index (χ4n) is 1.62. The van der Waals surface area contributed by atoms with Crippen LogP contribution in [0, 0.1) is 5.82 Å². The Kier molecular flexibility index (Phi) is 4.60. The SMILES string of the molecule is CC(NC(=O)c1c(F)cccc1Br)c1ccc(Cl)s1. The molecule has 0 aliphatic carbocycles. The maximum absolute atomic E-state index is 13.6. The summed E-state index contributed by atoms with van der Waals surface area (Å²) in [6.07, 6.45) is 0. The molecule has 1 unspecified atom stereocenters. The summed E-state index contributed by atoms with van der Waals surface area (Å²) in [6.45, 7) is 1.83. The number of rotatable bonds is 3. The second-order valence-electron chi connectivity index (χ2n) is 3.93. The molecule has 0 aliphatic rings. The van der Waals surface area contributed by atoms with E-state index in [2.05, 4.69) is 21.2 Å². The third-order valence-corrected chi connectivity index (χ3v) is 4.63. The van der Waals surface area contributed by atoms with E-state index in [4.69, 9.17) is 11.6 Å². The van der Waals surface area contributed by atoms with Gasteiger partial charge in [0.25, 0.3) is 5.91 Å². The highest BCUT2D eigenvalue weighted by atomic mass is 79.9. The van der Waals surface area contributed by atoms with Crippen LogP contribution in [0.1, 0.15) is 28.2 Å². The molecule has 0 radical (unpaired) electrons. The van der Waals surface area contributed by atoms with Crippen LogP contribution in [0.25, 0.3) is 0 Å². The minimum absolute atomic E-state index is 0.0111. The van der Waals surface area contributed by atoms with Crippen LogP contribution in [0.4, 0.5) is 4.39 Å². The van der Waals surface area contributed by atoms with Gasteiger partial charge in [0.2, 0.25) is 0 Å². The van der Waals surface area contributed by atoms with Crippen molar-refractivity contribution in [1.29, 1.82) is 0 Å². The minimum Gasteiger partial charge on any atom is -0.345 e. The van der Waals surface area contributed by atoms with Crippen molar-refractivity contribution in [2.24, 2.45) is 0 Å². The predicted molar refractivity (Wildman–Crippen MR) is 79.3 cm³/mol. The summed E-state index contributed by atoms with van der Waals surface area (Å²) in [4.78, 5) is 13.0. The molecule has 2 rings (SSSR count). The van der Waals surface area contributed by atoms with Crippen LogP contribution >= 0.6 is 38.9 Å². The second kappa shape index (κ2) is 6.03. The number of nitrogens with one attached hydrogen (secondary N) is 1. The van der Waals surface area contributed by atoms with Gasteiger partial charge in [-0.15, -0.1) is 11.3 Å². The monoisotopic (exact) mass is 361 g/mol. The summed E-state index contributed by atoms with van der Waals surface area (Å²) < 4.78 is 14.7. The van der Waals surface area contributed by atoms with E-state index in [9.17, 15) is 9.18 Å². The van der Waals surface area contributed by atoms with E-state index in [1.54, 1.807) is 18.2 Å². The number of carbonyl (C=O) groups is 1. The Morgan fingerprint density at radius 3 is 2.74 bits per heavy atom. The molecule has 2 aromatic rings. The molecule has 0 saturated heterocycles. The standard InChI is InChI=1S/C13H10BrClFNOS/c1-7(10-5-6-11(15)19-10)17-13(18)12-8(14)3-2-4-9(12)16/h2-7H,1H3,(H,17,18). The highest BCUT2D eigenvalue weighted by molar-refractivity contribution is 9.10. The number of benzene rings is 1. The van der Waals surface area contributed by atoms with Crippen LogP contribution in [0.2, 0.25) is 4.34 Å². The lowest BCUT2D eigenvalue weighted by Gasteiger charge is -2.13. The highest BCUT2D eigenvalue weighted by Gasteiger charge is 2.18. The number of thiophene rings is 1. The van der Waals surface area contributed by atoms with E-state index in [-0.39, 0.29) is 11.6 Å². The fourth-order valence-corrected chi connectivity index (χ4v) is 3.20. The molecule has 2 nitrogen and oxygen atoms in total. The van der Waals surface area contributed by atoms with Crippen LogP contribution in [0.5, 0.6) is 0 Å². The van der Waals surface area contributed by atoms with Gasteiger partial charge >= 0.3 is 0 Å². The van der Waals surface area contributed by atoms with Gasteiger partial charge in [0.1, 0.15) is 5.82 Å². The van der Waals surface area contributed by atoms with Crippen molar-refractivity contribution in [1.82, 2.24) is 5.32 Å². The van der Waals surface area contributed by atoms with E-state index >= 15 is 0 Å². The zero-order valence-corrected chi connectivity index (χ0v) is 13.1. The zero-order chi connectivity index (χ0) is 14.0. The summed E-state index contributed by atoms with van der Waals surface area (Å²) in [5.41, 5.74) is 0.0111. The maximum Gasteiger partial charge on any atom is 0.255 e. The van der Waals surface area contributed by atoms with Gasteiger partial charge in [-0.25, -0.2) is 4.39 Å². The van der Waals surface area contributed by atoms with Crippen molar-refractivity contribution in [2.45, 2.75) is 13.0 Å². The highest BCUT2D eigenvalue weighted by Crippen LogP contribution is 2.27. The van der Waals surface area contributed by atoms with Crippen LogP contribution in [-0.2, 0) is 0 Å². The molecule has 1 heterocycles. The molecule has 19 heavy (non-hydrogen) atoms. The first kappa shape index (κ1) is 14.5. The first-order valence-electron chi connectivity index (χ1n) is 5.49. The van der Waals surface area contributed by atoms with Gasteiger partial charge in [-0.3, -0.25) is 4.79 Å². The quantitative estimate of drug-likeness (QED) is 0.835. The molecular formula is C13H10BrClFNOS. The lowest BCUT2D eigenvalue weighted by molar-refractivity contribution is 0.0935. The molecule has 100 valence electrons. The van der Waals surface area contributed by atoms with Gasteiger partial charge in [-0.2, -0.15) is 0 Å². The smallest absolute Gasteiger partial charge is 0.255 e. The van der Waals surface area contributed by atoms with Crippen LogP contribution in [-0.4, -0.2) is 5.91 Å². The Hall–Kier alpha value is -0.910. The lowest BCUT2D eigenvalue weighted by atomic mass is 10.2. The molecule has 0 aliphatic heterocycles. The van der Waals surface area contributed by atoms with Gasteiger partial charge in [0.15, 0.2) is 0 Å². The van der Waals surface area contributed by atoms with E-state index in [1.807, 2.05) is 13.0 Å². The Labute approximate surface area is 127 Å².